The van der Waals surface area contributed by atoms with Gasteiger partial charge in [-0.05, 0) is 6.92 Å². The van der Waals surface area contributed by atoms with Crippen molar-refractivity contribution in [3.8, 4) is 0 Å². The Bertz CT molecular complexity index is 97.0. The Labute approximate surface area is 58.2 Å². The first-order valence-corrected chi connectivity index (χ1v) is 3.68. The van der Waals surface area contributed by atoms with Crippen LogP contribution in [0.2, 0.25) is 0 Å². The minimum absolute atomic E-state index is 0.135. The fourth-order valence-electron chi connectivity index (χ4n) is 0.263. The molecule has 0 aliphatic heterocycles. The van der Waals surface area contributed by atoms with Gasteiger partial charge in [-0.1, -0.05) is 0 Å². The van der Waals surface area contributed by atoms with Gasteiger partial charge in [-0.15, -0.1) is 11.8 Å². The highest BCUT2D eigenvalue weighted by atomic mass is 32.2. The first kappa shape index (κ1) is 8.75. The van der Waals surface area contributed by atoms with Crippen molar-refractivity contribution < 1.29 is 9.18 Å². The lowest BCUT2D eigenvalue weighted by Gasteiger charge is -1.98. The van der Waals surface area contributed by atoms with E-state index in [-0.39, 0.29) is 11.7 Å². The summed E-state index contributed by atoms with van der Waals surface area (Å²) >= 11 is 0.985. The number of hydrogen-bond acceptors (Lipinski definition) is 2. The highest BCUT2D eigenvalue weighted by molar-refractivity contribution is 8.00. The number of carbonyl (C=O) groups is 1. The van der Waals surface area contributed by atoms with Gasteiger partial charge in [-0.2, -0.15) is 0 Å². The van der Waals surface area contributed by atoms with E-state index >= 15 is 0 Å². The molecule has 1 amide bonds. The van der Waals surface area contributed by atoms with Gasteiger partial charge in [-0.25, -0.2) is 4.39 Å². The van der Waals surface area contributed by atoms with E-state index in [0.29, 0.717) is 0 Å². The smallest absolute Gasteiger partial charge is 0.229 e. The summed E-state index contributed by atoms with van der Waals surface area (Å²) in [7, 11) is 1.53. The third-order valence-corrected chi connectivity index (χ3v) is 1.61. The topological polar surface area (TPSA) is 29.1 Å². The minimum Gasteiger partial charge on any atom is -0.358 e. The summed E-state index contributed by atoms with van der Waals surface area (Å²) < 4.78 is 12.0. The maximum Gasteiger partial charge on any atom is 0.229 e. The van der Waals surface area contributed by atoms with Gasteiger partial charge in [0.2, 0.25) is 5.91 Å². The number of nitrogens with one attached hydrogen (secondary N) is 1. The second kappa shape index (κ2) is 4.61. The molecule has 54 valence electrons. The van der Waals surface area contributed by atoms with Crippen molar-refractivity contribution >= 4 is 17.7 Å². The number of hydrogen-bond donors (Lipinski definition) is 1. The Hall–Kier alpha value is -0.250. The Morgan fingerprint density at radius 1 is 1.89 bits per heavy atom. The van der Waals surface area contributed by atoms with Crippen LogP contribution >= 0.6 is 11.8 Å². The molecule has 0 aromatic heterocycles. The van der Waals surface area contributed by atoms with Crippen LogP contribution in [0.1, 0.15) is 6.92 Å². The molecule has 0 aromatic carbocycles. The lowest BCUT2D eigenvalue weighted by atomic mass is 10.7. The molecule has 0 saturated heterocycles. The molecule has 0 heterocycles. The summed E-state index contributed by atoms with van der Waals surface area (Å²) in [5.74, 6) is 0.0678. The number of rotatable bonds is 3. The van der Waals surface area contributed by atoms with Crippen LogP contribution in [-0.4, -0.2) is 24.2 Å². The molecule has 0 aliphatic rings. The van der Waals surface area contributed by atoms with Crippen molar-refractivity contribution in [1.82, 2.24) is 5.32 Å². The highest BCUT2D eigenvalue weighted by Gasteiger charge is 2.01. The zero-order valence-electron chi connectivity index (χ0n) is 5.48. The molecule has 0 aliphatic carbocycles. The average molecular weight is 150 g/mol. The molecule has 0 spiro atoms. The SMILES string of the molecule is CNC(=O)CSC(C)[18F]. The average Bonchev–Trinajstić information content (AvgIpc) is 1.83. The van der Waals surface area contributed by atoms with Crippen molar-refractivity contribution in [1.29, 1.82) is 0 Å². The predicted octanol–water partition coefficient (Wildman–Crippen LogP) is 0.781. The van der Waals surface area contributed by atoms with E-state index < -0.39 is 5.50 Å². The van der Waals surface area contributed by atoms with Crippen molar-refractivity contribution in [2.24, 2.45) is 0 Å². The zero-order chi connectivity index (χ0) is 7.28. The molecule has 4 heteroatoms. The monoisotopic (exact) mass is 150 g/mol. The lowest BCUT2D eigenvalue weighted by molar-refractivity contribution is -0.118. The third-order valence-electron chi connectivity index (χ3n) is 0.723. The van der Waals surface area contributed by atoms with Gasteiger partial charge in [0, 0.05) is 7.05 Å². The predicted molar refractivity (Wildman–Crippen MR) is 37.1 cm³/mol. The standard InChI is InChI=1S/C5H10FNOS/c1-4(6)9-3-5(8)7-2/h4H,3H2,1-2H3,(H,7,8)/i6-1. The first-order valence-electron chi connectivity index (χ1n) is 2.63. The van der Waals surface area contributed by atoms with Crippen molar-refractivity contribution in [3.63, 3.8) is 0 Å². The number of amides is 1. The van der Waals surface area contributed by atoms with Crippen molar-refractivity contribution in [3.05, 3.63) is 0 Å². The molecule has 0 rings (SSSR count). The van der Waals surface area contributed by atoms with Gasteiger partial charge in [-0.3, -0.25) is 4.79 Å². The minimum atomic E-state index is -0.956. The Balaban J connectivity index is 3.17. The Morgan fingerprint density at radius 2 is 2.44 bits per heavy atom. The van der Waals surface area contributed by atoms with E-state index in [4.69, 9.17) is 0 Å². The zero-order valence-corrected chi connectivity index (χ0v) is 6.30. The second-order valence-electron chi connectivity index (χ2n) is 1.53. The summed E-state index contributed by atoms with van der Waals surface area (Å²) in [5.41, 5.74) is -0.956. The molecule has 0 saturated carbocycles. The Morgan fingerprint density at radius 3 is 2.78 bits per heavy atom. The maximum absolute atomic E-state index is 12.0. The molecule has 1 unspecified atom stereocenters. The van der Waals surface area contributed by atoms with Crippen molar-refractivity contribution in [2.75, 3.05) is 12.8 Å². The van der Waals surface area contributed by atoms with Crippen LogP contribution in [0.3, 0.4) is 0 Å². The van der Waals surface area contributed by atoms with E-state index in [1.165, 1.54) is 14.0 Å². The van der Waals surface area contributed by atoms with E-state index in [2.05, 4.69) is 5.32 Å². The molecule has 2 nitrogen and oxygen atoms in total. The number of carbonyl (C=O) groups excluding carboxylic acids is 1. The normalized spacial score (nSPS) is 12.8. The quantitative estimate of drug-likeness (QED) is 0.644. The first-order chi connectivity index (χ1) is 4.16. The molecule has 0 fully saturated rings. The summed E-state index contributed by atoms with van der Waals surface area (Å²) in [6, 6.07) is 0. The van der Waals surface area contributed by atoms with Gasteiger partial charge in [0.1, 0.15) is 5.50 Å². The van der Waals surface area contributed by atoms with Crippen LogP contribution in [0, 0.1) is 0 Å². The molecule has 0 radical (unpaired) electrons. The number of thioether (sulfide) groups is 1. The van der Waals surface area contributed by atoms with Crippen LogP contribution in [0.25, 0.3) is 0 Å². The lowest BCUT2D eigenvalue weighted by Crippen LogP contribution is -2.20. The van der Waals surface area contributed by atoms with Crippen LogP contribution in [0.5, 0.6) is 0 Å². The second-order valence-corrected chi connectivity index (χ2v) is 2.80. The van der Waals surface area contributed by atoms with Crippen LogP contribution in [0.15, 0.2) is 0 Å². The fourth-order valence-corrected chi connectivity index (χ4v) is 0.788. The van der Waals surface area contributed by atoms with Gasteiger partial charge in [0.05, 0.1) is 5.75 Å². The molecule has 1 N–H and O–H groups in total. The van der Waals surface area contributed by atoms with Gasteiger partial charge in [0.15, 0.2) is 0 Å². The molecule has 1 atom stereocenters. The summed E-state index contributed by atoms with van der Waals surface area (Å²) in [6.07, 6.45) is 0. The third kappa shape index (κ3) is 5.62. The van der Waals surface area contributed by atoms with Crippen molar-refractivity contribution in [2.45, 2.75) is 12.4 Å². The van der Waals surface area contributed by atoms with E-state index in [1.54, 1.807) is 0 Å². The molecule has 0 aromatic rings. The van der Waals surface area contributed by atoms with Gasteiger partial charge >= 0.3 is 0 Å². The van der Waals surface area contributed by atoms with Gasteiger partial charge in [0.25, 0.3) is 0 Å². The number of alkyl halides is 1. The van der Waals surface area contributed by atoms with E-state index in [9.17, 15) is 9.18 Å². The van der Waals surface area contributed by atoms with E-state index in [1.807, 2.05) is 0 Å². The molecule has 0 bridgehead atoms. The summed E-state index contributed by atoms with van der Waals surface area (Å²) in [4.78, 5) is 10.4. The van der Waals surface area contributed by atoms with Crippen LogP contribution in [-0.2, 0) is 4.79 Å². The largest absolute Gasteiger partial charge is 0.358 e. The van der Waals surface area contributed by atoms with Crippen LogP contribution < -0.4 is 5.32 Å². The molecule has 9 heavy (non-hydrogen) atoms. The number of halogens is 1. The maximum atomic E-state index is 12.0. The highest BCUT2D eigenvalue weighted by Crippen LogP contribution is 2.09. The molecular formula is C5H10FNOS. The summed E-state index contributed by atoms with van der Waals surface area (Å²) in [5, 5.41) is 2.39. The van der Waals surface area contributed by atoms with Gasteiger partial charge < -0.3 is 5.32 Å². The molecular weight excluding hydrogens is 140 g/mol. The van der Waals surface area contributed by atoms with E-state index in [0.717, 1.165) is 11.8 Å². The fraction of sp³-hybridized carbons (Fsp3) is 0.800. The summed E-state index contributed by atoms with van der Waals surface area (Å²) in [6.45, 7) is 1.41. The Kier molecular flexibility index (Phi) is 4.48. The van der Waals surface area contributed by atoms with Crippen LogP contribution in [0.4, 0.5) is 4.39 Å².